The van der Waals surface area contributed by atoms with Gasteiger partial charge in [0.25, 0.3) is 0 Å². The van der Waals surface area contributed by atoms with Crippen molar-refractivity contribution >= 4 is 11.6 Å². The van der Waals surface area contributed by atoms with Gasteiger partial charge in [0.05, 0.1) is 12.7 Å². The Morgan fingerprint density at radius 1 is 1.16 bits per heavy atom. The molecule has 0 aliphatic rings. The van der Waals surface area contributed by atoms with Crippen LogP contribution in [0, 0.1) is 0 Å². The smallest absolute Gasteiger partial charge is 0.125 e. The van der Waals surface area contributed by atoms with Crippen LogP contribution >= 0.6 is 11.6 Å². The molecular weight excluding hydrogens is 260 g/mol. The fourth-order valence-electron chi connectivity index (χ4n) is 2.04. The zero-order chi connectivity index (χ0) is 14.1. The van der Waals surface area contributed by atoms with Gasteiger partial charge >= 0.3 is 0 Å². The van der Waals surface area contributed by atoms with Gasteiger partial charge in [0.1, 0.15) is 5.75 Å². The van der Waals surface area contributed by atoms with Gasteiger partial charge in [-0.1, -0.05) is 50.6 Å². The van der Waals surface area contributed by atoms with Crippen molar-refractivity contribution in [3.05, 3.63) is 28.8 Å². The van der Waals surface area contributed by atoms with E-state index in [1.54, 1.807) is 19.1 Å². The SMILES string of the molecule is CCCCCCCCOc1ccc(Cl)cc1[C@H](C)O. The third-order valence-corrected chi connectivity index (χ3v) is 3.41. The Morgan fingerprint density at radius 2 is 1.84 bits per heavy atom. The molecule has 0 spiro atoms. The van der Waals surface area contributed by atoms with E-state index >= 15 is 0 Å². The maximum atomic E-state index is 9.69. The van der Waals surface area contributed by atoms with Crippen LogP contribution in [0.25, 0.3) is 0 Å². The number of halogens is 1. The second kappa shape index (κ2) is 9.22. The van der Waals surface area contributed by atoms with Crippen molar-refractivity contribution in [1.82, 2.24) is 0 Å². The van der Waals surface area contributed by atoms with Crippen LogP contribution in [-0.4, -0.2) is 11.7 Å². The minimum Gasteiger partial charge on any atom is -0.493 e. The molecule has 1 N–H and O–H groups in total. The van der Waals surface area contributed by atoms with Crippen LogP contribution in [0.2, 0.25) is 5.02 Å². The Balaban J connectivity index is 2.33. The van der Waals surface area contributed by atoms with Crippen molar-refractivity contribution in [2.45, 2.75) is 58.5 Å². The average molecular weight is 285 g/mol. The van der Waals surface area contributed by atoms with Gasteiger partial charge in [-0.05, 0) is 31.5 Å². The lowest BCUT2D eigenvalue weighted by atomic mass is 10.1. The number of unbranched alkanes of at least 4 members (excludes halogenated alkanes) is 5. The molecule has 0 radical (unpaired) electrons. The number of rotatable bonds is 9. The molecule has 0 heterocycles. The summed E-state index contributed by atoms with van der Waals surface area (Å²) in [4.78, 5) is 0. The Labute approximate surface area is 121 Å². The molecule has 108 valence electrons. The van der Waals surface area contributed by atoms with Gasteiger partial charge in [-0.3, -0.25) is 0 Å². The van der Waals surface area contributed by atoms with Gasteiger partial charge in [-0.15, -0.1) is 0 Å². The fraction of sp³-hybridized carbons (Fsp3) is 0.625. The first-order valence-electron chi connectivity index (χ1n) is 7.25. The lowest BCUT2D eigenvalue weighted by Gasteiger charge is -2.13. The Kier molecular flexibility index (Phi) is 7.92. The number of benzene rings is 1. The minimum absolute atomic E-state index is 0.557. The normalized spacial score (nSPS) is 12.4. The zero-order valence-electron chi connectivity index (χ0n) is 12.0. The fourth-order valence-corrected chi connectivity index (χ4v) is 2.22. The molecule has 0 aliphatic heterocycles. The molecule has 0 saturated heterocycles. The van der Waals surface area contributed by atoms with E-state index in [-0.39, 0.29) is 0 Å². The van der Waals surface area contributed by atoms with E-state index in [0.717, 1.165) is 17.7 Å². The monoisotopic (exact) mass is 284 g/mol. The largest absolute Gasteiger partial charge is 0.493 e. The molecular formula is C16H25ClO2. The summed E-state index contributed by atoms with van der Waals surface area (Å²) in [6.07, 6.45) is 6.91. The minimum atomic E-state index is -0.557. The molecule has 0 bridgehead atoms. The van der Waals surface area contributed by atoms with Crippen LogP contribution in [0.4, 0.5) is 0 Å². The summed E-state index contributed by atoms with van der Waals surface area (Å²) in [5.41, 5.74) is 0.762. The van der Waals surface area contributed by atoms with Crippen molar-refractivity contribution in [3.8, 4) is 5.75 Å². The highest BCUT2D eigenvalue weighted by Gasteiger charge is 2.09. The number of aliphatic hydroxyl groups excluding tert-OH is 1. The topological polar surface area (TPSA) is 29.5 Å². The van der Waals surface area contributed by atoms with E-state index < -0.39 is 6.10 Å². The molecule has 3 heteroatoms. The molecule has 1 rings (SSSR count). The highest BCUT2D eigenvalue weighted by Crippen LogP contribution is 2.28. The van der Waals surface area contributed by atoms with Crippen molar-refractivity contribution in [1.29, 1.82) is 0 Å². The van der Waals surface area contributed by atoms with Crippen LogP contribution in [0.3, 0.4) is 0 Å². The first-order chi connectivity index (χ1) is 9.15. The third-order valence-electron chi connectivity index (χ3n) is 3.18. The van der Waals surface area contributed by atoms with E-state index in [0.29, 0.717) is 11.6 Å². The Morgan fingerprint density at radius 3 is 2.53 bits per heavy atom. The summed E-state index contributed by atoms with van der Waals surface area (Å²) in [5.74, 6) is 0.743. The van der Waals surface area contributed by atoms with E-state index in [9.17, 15) is 5.11 Å². The third kappa shape index (κ3) is 6.31. The van der Waals surface area contributed by atoms with E-state index in [4.69, 9.17) is 16.3 Å². The molecule has 0 fully saturated rings. The lowest BCUT2D eigenvalue weighted by Crippen LogP contribution is -2.02. The van der Waals surface area contributed by atoms with Crippen molar-refractivity contribution < 1.29 is 9.84 Å². The first kappa shape index (κ1) is 16.3. The molecule has 2 nitrogen and oxygen atoms in total. The second-order valence-corrected chi connectivity index (χ2v) is 5.41. The summed E-state index contributed by atoms with van der Waals surface area (Å²) < 4.78 is 5.74. The van der Waals surface area contributed by atoms with Crippen molar-refractivity contribution in [3.63, 3.8) is 0 Å². The van der Waals surface area contributed by atoms with E-state index in [2.05, 4.69) is 6.92 Å². The molecule has 0 unspecified atom stereocenters. The summed E-state index contributed by atoms with van der Waals surface area (Å²) in [6, 6.07) is 5.40. The van der Waals surface area contributed by atoms with Gasteiger partial charge in [0.15, 0.2) is 0 Å². The molecule has 1 aromatic rings. The quantitative estimate of drug-likeness (QED) is 0.637. The average Bonchev–Trinajstić information content (AvgIpc) is 2.39. The van der Waals surface area contributed by atoms with Gasteiger partial charge in [0, 0.05) is 10.6 Å². The Hall–Kier alpha value is -0.730. The molecule has 19 heavy (non-hydrogen) atoms. The van der Waals surface area contributed by atoms with Crippen LogP contribution in [-0.2, 0) is 0 Å². The molecule has 0 aliphatic carbocycles. The van der Waals surface area contributed by atoms with Crippen molar-refractivity contribution in [2.75, 3.05) is 6.61 Å². The number of hydrogen-bond donors (Lipinski definition) is 1. The summed E-state index contributed by atoms with van der Waals surface area (Å²) in [5, 5.41) is 10.3. The molecule has 0 amide bonds. The molecule has 0 aromatic heterocycles. The molecule has 1 aromatic carbocycles. The number of hydrogen-bond acceptors (Lipinski definition) is 2. The van der Waals surface area contributed by atoms with Crippen LogP contribution in [0.1, 0.15) is 64.0 Å². The Bertz CT molecular complexity index is 364. The molecule has 0 saturated carbocycles. The van der Waals surface area contributed by atoms with Crippen molar-refractivity contribution in [2.24, 2.45) is 0 Å². The van der Waals surface area contributed by atoms with Crippen LogP contribution < -0.4 is 4.74 Å². The van der Waals surface area contributed by atoms with Crippen LogP contribution in [0.5, 0.6) is 5.75 Å². The number of aliphatic hydroxyl groups is 1. The highest BCUT2D eigenvalue weighted by atomic mass is 35.5. The maximum absolute atomic E-state index is 9.69. The van der Waals surface area contributed by atoms with Crippen LogP contribution in [0.15, 0.2) is 18.2 Å². The summed E-state index contributed by atoms with van der Waals surface area (Å²) in [6.45, 7) is 4.65. The first-order valence-corrected chi connectivity index (χ1v) is 7.63. The van der Waals surface area contributed by atoms with E-state index in [1.807, 2.05) is 6.07 Å². The van der Waals surface area contributed by atoms with Gasteiger partial charge in [0.2, 0.25) is 0 Å². The molecule has 1 atom stereocenters. The summed E-state index contributed by atoms with van der Waals surface area (Å²) >= 11 is 5.93. The van der Waals surface area contributed by atoms with Gasteiger partial charge in [-0.25, -0.2) is 0 Å². The maximum Gasteiger partial charge on any atom is 0.125 e. The highest BCUT2D eigenvalue weighted by molar-refractivity contribution is 6.30. The van der Waals surface area contributed by atoms with Gasteiger partial charge in [-0.2, -0.15) is 0 Å². The van der Waals surface area contributed by atoms with Gasteiger partial charge < -0.3 is 9.84 Å². The predicted octanol–water partition coefficient (Wildman–Crippen LogP) is 5.13. The number of ether oxygens (including phenoxy) is 1. The summed E-state index contributed by atoms with van der Waals surface area (Å²) in [7, 11) is 0. The standard InChI is InChI=1S/C16H25ClO2/c1-3-4-5-6-7-8-11-19-16-10-9-14(17)12-15(16)13(2)18/h9-10,12-13,18H,3-8,11H2,1-2H3/t13-/m0/s1. The zero-order valence-corrected chi connectivity index (χ0v) is 12.7. The second-order valence-electron chi connectivity index (χ2n) is 4.97. The predicted molar refractivity (Wildman–Crippen MR) is 81.0 cm³/mol. The van der Waals surface area contributed by atoms with E-state index in [1.165, 1.54) is 32.1 Å². The lowest BCUT2D eigenvalue weighted by molar-refractivity contribution is 0.190.